The van der Waals surface area contributed by atoms with Gasteiger partial charge in [-0.1, -0.05) is 28.1 Å². The summed E-state index contributed by atoms with van der Waals surface area (Å²) in [6.07, 6.45) is 0. The molecular formula is C15H11BrF2O. The second-order valence-electron chi connectivity index (χ2n) is 4.32. The summed E-state index contributed by atoms with van der Waals surface area (Å²) < 4.78 is 28.0. The van der Waals surface area contributed by atoms with Gasteiger partial charge in [0.05, 0.1) is 5.56 Å². The molecule has 0 saturated heterocycles. The smallest absolute Gasteiger partial charge is 0.196 e. The molecule has 4 heteroatoms. The molecule has 2 aromatic carbocycles. The van der Waals surface area contributed by atoms with Gasteiger partial charge in [0, 0.05) is 10.0 Å². The molecule has 0 saturated carbocycles. The van der Waals surface area contributed by atoms with E-state index in [2.05, 4.69) is 15.9 Å². The van der Waals surface area contributed by atoms with E-state index in [0.717, 1.165) is 16.6 Å². The Balaban J connectivity index is 2.56. The van der Waals surface area contributed by atoms with Gasteiger partial charge < -0.3 is 0 Å². The number of carbonyl (C=O) groups is 1. The summed E-state index contributed by atoms with van der Waals surface area (Å²) in [5.41, 5.74) is 0.994. The van der Waals surface area contributed by atoms with Crippen LogP contribution < -0.4 is 0 Å². The van der Waals surface area contributed by atoms with E-state index in [1.54, 1.807) is 25.1 Å². The van der Waals surface area contributed by atoms with Gasteiger partial charge in [-0.25, -0.2) is 8.78 Å². The third kappa shape index (κ3) is 2.59. The van der Waals surface area contributed by atoms with Crippen LogP contribution in [0.4, 0.5) is 8.78 Å². The normalized spacial score (nSPS) is 10.6. The molecule has 0 fully saturated rings. The second kappa shape index (κ2) is 5.21. The molecule has 0 N–H and O–H groups in total. The van der Waals surface area contributed by atoms with Gasteiger partial charge in [-0.3, -0.25) is 4.79 Å². The van der Waals surface area contributed by atoms with Crippen molar-refractivity contribution in [1.29, 1.82) is 0 Å². The van der Waals surface area contributed by atoms with Gasteiger partial charge in [0.15, 0.2) is 5.78 Å². The van der Waals surface area contributed by atoms with E-state index in [0.29, 0.717) is 11.1 Å². The molecule has 0 aliphatic heterocycles. The van der Waals surface area contributed by atoms with Crippen molar-refractivity contribution in [1.82, 2.24) is 0 Å². The zero-order valence-electron chi connectivity index (χ0n) is 10.4. The quantitative estimate of drug-likeness (QED) is 0.739. The predicted octanol–water partition coefficient (Wildman–Crippen LogP) is 4.58. The van der Waals surface area contributed by atoms with Gasteiger partial charge in [-0.2, -0.15) is 0 Å². The number of rotatable bonds is 2. The van der Waals surface area contributed by atoms with Crippen molar-refractivity contribution < 1.29 is 13.6 Å². The molecule has 0 spiro atoms. The summed E-state index contributed by atoms with van der Waals surface area (Å²) >= 11 is 3.31. The molecule has 0 amide bonds. The van der Waals surface area contributed by atoms with Crippen molar-refractivity contribution in [3.63, 3.8) is 0 Å². The van der Waals surface area contributed by atoms with Crippen LogP contribution in [-0.2, 0) is 0 Å². The maximum Gasteiger partial charge on any atom is 0.196 e. The Kier molecular flexibility index (Phi) is 3.80. The average molecular weight is 325 g/mol. The Labute approximate surface area is 118 Å². The van der Waals surface area contributed by atoms with Crippen LogP contribution in [0.2, 0.25) is 0 Å². The Bertz CT molecular complexity index is 665. The second-order valence-corrected chi connectivity index (χ2v) is 5.18. The van der Waals surface area contributed by atoms with E-state index < -0.39 is 17.4 Å². The highest BCUT2D eigenvalue weighted by atomic mass is 79.9. The third-order valence-corrected chi connectivity index (χ3v) is 3.86. The van der Waals surface area contributed by atoms with Crippen LogP contribution in [0.5, 0.6) is 0 Å². The molecule has 0 radical (unpaired) electrons. The van der Waals surface area contributed by atoms with Crippen molar-refractivity contribution >= 4 is 21.7 Å². The lowest BCUT2D eigenvalue weighted by atomic mass is 9.98. The molecule has 2 aromatic rings. The number of carbonyl (C=O) groups excluding carboxylic acids is 1. The Hall–Kier alpha value is -1.55. The third-order valence-electron chi connectivity index (χ3n) is 3.01. The summed E-state index contributed by atoms with van der Waals surface area (Å²) in [5.74, 6) is -1.81. The number of hydrogen-bond donors (Lipinski definition) is 0. The van der Waals surface area contributed by atoms with Crippen LogP contribution in [-0.4, -0.2) is 5.78 Å². The molecule has 0 bridgehead atoms. The number of halogens is 3. The summed E-state index contributed by atoms with van der Waals surface area (Å²) in [6.45, 7) is 3.21. The van der Waals surface area contributed by atoms with E-state index >= 15 is 0 Å². The van der Waals surface area contributed by atoms with E-state index in [-0.39, 0.29) is 11.1 Å². The van der Waals surface area contributed by atoms with E-state index in [1.807, 2.05) is 0 Å². The van der Waals surface area contributed by atoms with E-state index in [9.17, 15) is 13.6 Å². The summed E-state index contributed by atoms with van der Waals surface area (Å²) in [5, 5.41) is 0. The molecular weight excluding hydrogens is 314 g/mol. The maximum absolute atomic E-state index is 13.8. The molecule has 98 valence electrons. The monoisotopic (exact) mass is 324 g/mol. The van der Waals surface area contributed by atoms with Crippen LogP contribution >= 0.6 is 15.9 Å². The fourth-order valence-electron chi connectivity index (χ4n) is 1.82. The molecule has 0 aromatic heterocycles. The topological polar surface area (TPSA) is 17.1 Å². The fraction of sp³-hybridized carbons (Fsp3) is 0.133. The highest BCUT2D eigenvalue weighted by Crippen LogP contribution is 2.24. The van der Waals surface area contributed by atoms with E-state index in [4.69, 9.17) is 0 Å². The van der Waals surface area contributed by atoms with Gasteiger partial charge in [0.25, 0.3) is 0 Å². The molecule has 0 unspecified atom stereocenters. The van der Waals surface area contributed by atoms with Gasteiger partial charge in [-0.05, 0) is 43.2 Å². The lowest BCUT2D eigenvalue weighted by Crippen LogP contribution is -2.08. The highest BCUT2D eigenvalue weighted by Gasteiger charge is 2.18. The van der Waals surface area contributed by atoms with Crippen LogP contribution in [0, 0.1) is 25.5 Å². The van der Waals surface area contributed by atoms with Crippen LogP contribution in [0.15, 0.2) is 34.8 Å². The lowest BCUT2D eigenvalue weighted by molar-refractivity contribution is 0.103. The maximum atomic E-state index is 13.8. The van der Waals surface area contributed by atoms with Gasteiger partial charge in [-0.15, -0.1) is 0 Å². The molecule has 1 nitrogen and oxygen atoms in total. The van der Waals surface area contributed by atoms with Crippen molar-refractivity contribution in [3.05, 3.63) is 68.7 Å². The summed E-state index contributed by atoms with van der Waals surface area (Å²) in [4.78, 5) is 12.3. The molecule has 19 heavy (non-hydrogen) atoms. The van der Waals surface area contributed by atoms with Gasteiger partial charge >= 0.3 is 0 Å². The van der Waals surface area contributed by atoms with Gasteiger partial charge in [0.1, 0.15) is 11.6 Å². The standard InChI is InChI=1S/C15H11BrF2O/c1-8-6-14(18)11(7-13(8)17)15(19)10-4-3-5-12(16)9(10)2/h3-7H,1-2H3. The Morgan fingerprint density at radius 1 is 1.05 bits per heavy atom. The lowest BCUT2D eigenvalue weighted by Gasteiger charge is -2.08. The molecule has 2 rings (SSSR count). The van der Waals surface area contributed by atoms with Crippen molar-refractivity contribution in [3.8, 4) is 0 Å². The average Bonchev–Trinajstić information content (AvgIpc) is 2.36. The van der Waals surface area contributed by atoms with Crippen molar-refractivity contribution in [2.75, 3.05) is 0 Å². The largest absolute Gasteiger partial charge is 0.288 e. The highest BCUT2D eigenvalue weighted by molar-refractivity contribution is 9.10. The van der Waals surface area contributed by atoms with Crippen molar-refractivity contribution in [2.24, 2.45) is 0 Å². The first-order chi connectivity index (χ1) is 8.91. The zero-order chi connectivity index (χ0) is 14.2. The summed E-state index contributed by atoms with van der Waals surface area (Å²) in [7, 11) is 0. The molecule has 0 aliphatic carbocycles. The number of hydrogen-bond acceptors (Lipinski definition) is 1. The van der Waals surface area contributed by atoms with Crippen molar-refractivity contribution in [2.45, 2.75) is 13.8 Å². The molecule has 0 atom stereocenters. The first-order valence-electron chi connectivity index (χ1n) is 5.67. The number of ketones is 1. The Morgan fingerprint density at radius 3 is 2.42 bits per heavy atom. The number of benzene rings is 2. The summed E-state index contributed by atoms with van der Waals surface area (Å²) in [6, 6.07) is 7.06. The van der Waals surface area contributed by atoms with Crippen LogP contribution in [0.1, 0.15) is 27.0 Å². The SMILES string of the molecule is Cc1cc(F)c(C(=O)c2cccc(Br)c2C)cc1F. The first kappa shape index (κ1) is 13.9. The molecule has 0 heterocycles. The minimum absolute atomic E-state index is 0.181. The van der Waals surface area contributed by atoms with Crippen LogP contribution in [0.25, 0.3) is 0 Å². The minimum atomic E-state index is -0.705. The fourth-order valence-corrected chi connectivity index (χ4v) is 2.19. The Morgan fingerprint density at radius 2 is 1.74 bits per heavy atom. The van der Waals surface area contributed by atoms with E-state index in [1.165, 1.54) is 6.92 Å². The first-order valence-corrected chi connectivity index (χ1v) is 6.46. The number of aryl methyl sites for hydroxylation is 1. The zero-order valence-corrected chi connectivity index (χ0v) is 12.0. The van der Waals surface area contributed by atoms with Crippen LogP contribution in [0.3, 0.4) is 0 Å². The van der Waals surface area contributed by atoms with Gasteiger partial charge in [0.2, 0.25) is 0 Å². The molecule has 0 aliphatic rings. The predicted molar refractivity (Wildman–Crippen MR) is 73.4 cm³/mol. The minimum Gasteiger partial charge on any atom is -0.288 e.